The van der Waals surface area contributed by atoms with Gasteiger partial charge in [-0.3, -0.25) is 4.99 Å². The van der Waals surface area contributed by atoms with Gasteiger partial charge < -0.3 is 15.0 Å². The van der Waals surface area contributed by atoms with Crippen LogP contribution in [0.25, 0.3) is 0 Å². The fraction of sp³-hybridized carbons (Fsp3) is 0.923. The zero-order valence-corrected chi connectivity index (χ0v) is 14.3. The molecule has 1 aliphatic rings. The van der Waals surface area contributed by atoms with E-state index < -0.39 is 0 Å². The summed E-state index contributed by atoms with van der Waals surface area (Å²) in [5, 5.41) is 3.34. The summed E-state index contributed by atoms with van der Waals surface area (Å²) in [5.74, 6) is 1.66. The van der Waals surface area contributed by atoms with E-state index >= 15 is 0 Å². The van der Waals surface area contributed by atoms with E-state index in [2.05, 4.69) is 36.0 Å². The first kappa shape index (κ1) is 18.0. The van der Waals surface area contributed by atoms with Crippen LogP contribution in [0.4, 0.5) is 0 Å². The number of rotatable bonds is 6. The van der Waals surface area contributed by atoms with Gasteiger partial charge in [-0.1, -0.05) is 13.8 Å². The van der Waals surface area contributed by atoms with Crippen molar-refractivity contribution < 1.29 is 4.74 Å². The highest BCUT2D eigenvalue weighted by Crippen LogP contribution is 2.07. The van der Waals surface area contributed by atoms with Crippen LogP contribution in [0.5, 0.6) is 0 Å². The zero-order valence-electron chi connectivity index (χ0n) is 11.9. The number of halogens is 1. The van der Waals surface area contributed by atoms with E-state index in [0.29, 0.717) is 5.92 Å². The summed E-state index contributed by atoms with van der Waals surface area (Å²) in [4.78, 5) is 6.94. The molecule has 108 valence electrons. The Labute approximate surface area is 129 Å². The molecule has 0 aromatic rings. The monoisotopic (exact) mass is 369 g/mol. The standard InChI is InChI=1S/C13H27N3O.HI/c1-4-14-13(16-8-5-6-9-16)15-7-10-17-11-12(2)3;/h12H,4-11H2,1-3H3,(H,14,15);1H. The second-order valence-corrected chi connectivity index (χ2v) is 4.90. The molecule has 1 heterocycles. The van der Waals surface area contributed by atoms with Gasteiger partial charge in [-0.25, -0.2) is 0 Å². The fourth-order valence-corrected chi connectivity index (χ4v) is 1.89. The van der Waals surface area contributed by atoms with Gasteiger partial charge in [-0.2, -0.15) is 0 Å². The Hall–Kier alpha value is -0.0400. The third-order valence-electron chi connectivity index (χ3n) is 2.69. The molecule has 0 aromatic heterocycles. The lowest BCUT2D eigenvalue weighted by Gasteiger charge is -2.20. The van der Waals surface area contributed by atoms with E-state index in [4.69, 9.17) is 4.74 Å². The van der Waals surface area contributed by atoms with Gasteiger partial charge in [0.15, 0.2) is 5.96 Å². The molecule has 0 aromatic carbocycles. The van der Waals surface area contributed by atoms with Gasteiger partial charge in [0.2, 0.25) is 0 Å². The quantitative estimate of drug-likeness (QED) is 0.338. The molecule has 4 nitrogen and oxygen atoms in total. The number of likely N-dealkylation sites (tertiary alicyclic amines) is 1. The fourth-order valence-electron chi connectivity index (χ4n) is 1.89. The van der Waals surface area contributed by atoms with Crippen molar-refractivity contribution in [2.45, 2.75) is 33.6 Å². The number of ether oxygens (including phenoxy) is 1. The summed E-state index contributed by atoms with van der Waals surface area (Å²) >= 11 is 0. The van der Waals surface area contributed by atoms with Crippen LogP contribution in [0.2, 0.25) is 0 Å². The van der Waals surface area contributed by atoms with E-state index in [1.807, 2.05) is 0 Å². The van der Waals surface area contributed by atoms with Crippen LogP contribution in [0.15, 0.2) is 4.99 Å². The summed E-state index contributed by atoms with van der Waals surface area (Å²) in [6.45, 7) is 12.0. The van der Waals surface area contributed by atoms with Gasteiger partial charge in [-0.05, 0) is 25.7 Å². The molecule has 0 unspecified atom stereocenters. The molecule has 18 heavy (non-hydrogen) atoms. The Bertz CT molecular complexity index is 228. The summed E-state index contributed by atoms with van der Waals surface area (Å²) in [6.07, 6.45) is 2.57. The molecule has 0 atom stereocenters. The third-order valence-corrected chi connectivity index (χ3v) is 2.69. The van der Waals surface area contributed by atoms with Gasteiger partial charge in [-0.15, -0.1) is 24.0 Å². The Kier molecular flexibility index (Phi) is 10.8. The van der Waals surface area contributed by atoms with E-state index in [-0.39, 0.29) is 24.0 Å². The Morgan fingerprint density at radius 3 is 2.56 bits per heavy atom. The van der Waals surface area contributed by atoms with Gasteiger partial charge in [0, 0.05) is 26.2 Å². The highest BCUT2D eigenvalue weighted by molar-refractivity contribution is 14.0. The van der Waals surface area contributed by atoms with E-state index in [1.54, 1.807) is 0 Å². The molecule has 0 amide bonds. The third kappa shape index (κ3) is 7.41. The molecule has 0 saturated carbocycles. The number of aliphatic imine (C=N–C) groups is 1. The van der Waals surface area contributed by atoms with Crippen molar-refractivity contribution in [1.82, 2.24) is 10.2 Å². The van der Waals surface area contributed by atoms with Crippen molar-refractivity contribution in [2.75, 3.05) is 39.4 Å². The largest absolute Gasteiger partial charge is 0.379 e. The molecule has 1 rings (SSSR count). The van der Waals surface area contributed by atoms with Crippen LogP contribution in [0.3, 0.4) is 0 Å². The molecular formula is C13H28IN3O. The lowest BCUT2D eigenvalue weighted by atomic mass is 10.2. The minimum absolute atomic E-state index is 0. The normalized spacial score (nSPS) is 16.0. The van der Waals surface area contributed by atoms with Crippen LogP contribution in [0, 0.1) is 5.92 Å². The van der Waals surface area contributed by atoms with Crippen LogP contribution >= 0.6 is 24.0 Å². The van der Waals surface area contributed by atoms with Gasteiger partial charge in [0.1, 0.15) is 0 Å². The minimum Gasteiger partial charge on any atom is -0.379 e. The van der Waals surface area contributed by atoms with Crippen molar-refractivity contribution in [3.8, 4) is 0 Å². The molecule has 1 saturated heterocycles. The Morgan fingerprint density at radius 2 is 2.00 bits per heavy atom. The average Bonchev–Trinajstić information content (AvgIpc) is 2.80. The maximum atomic E-state index is 5.53. The second-order valence-electron chi connectivity index (χ2n) is 4.90. The second kappa shape index (κ2) is 10.8. The number of hydrogen-bond donors (Lipinski definition) is 1. The van der Waals surface area contributed by atoms with Crippen LogP contribution in [-0.4, -0.2) is 50.3 Å². The maximum absolute atomic E-state index is 5.53. The summed E-state index contributed by atoms with van der Waals surface area (Å²) in [6, 6.07) is 0. The molecule has 0 spiro atoms. The zero-order chi connectivity index (χ0) is 12.5. The van der Waals surface area contributed by atoms with Gasteiger partial charge >= 0.3 is 0 Å². The maximum Gasteiger partial charge on any atom is 0.193 e. The predicted molar refractivity (Wildman–Crippen MR) is 87.9 cm³/mol. The summed E-state index contributed by atoms with van der Waals surface area (Å²) in [5.41, 5.74) is 0. The Morgan fingerprint density at radius 1 is 1.33 bits per heavy atom. The Balaban J connectivity index is 0.00000289. The molecule has 1 N–H and O–H groups in total. The first-order valence-electron chi connectivity index (χ1n) is 6.85. The summed E-state index contributed by atoms with van der Waals surface area (Å²) < 4.78 is 5.53. The first-order valence-corrected chi connectivity index (χ1v) is 6.85. The SMILES string of the molecule is CCNC(=NCCOCC(C)C)N1CCCC1.I. The highest BCUT2D eigenvalue weighted by atomic mass is 127. The van der Waals surface area contributed by atoms with Crippen molar-refractivity contribution in [1.29, 1.82) is 0 Å². The van der Waals surface area contributed by atoms with E-state index in [9.17, 15) is 0 Å². The van der Waals surface area contributed by atoms with Crippen molar-refractivity contribution in [3.05, 3.63) is 0 Å². The van der Waals surface area contributed by atoms with Crippen molar-refractivity contribution in [2.24, 2.45) is 10.9 Å². The molecular weight excluding hydrogens is 341 g/mol. The average molecular weight is 369 g/mol. The lowest BCUT2D eigenvalue weighted by Crippen LogP contribution is -2.39. The van der Waals surface area contributed by atoms with Gasteiger partial charge in [0.05, 0.1) is 13.2 Å². The molecule has 1 fully saturated rings. The van der Waals surface area contributed by atoms with E-state index in [0.717, 1.165) is 45.4 Å². The molecule has 0 aliphatic carbocycles. The molecule has 0 bridgehead atoms. The molecule has 0 radical (unpaired) electrons. The number of nitrogens with zero attached hydrogens (tertiary/aromatic N) is 2. The topological polar surface area (TPSA) is 36.9 Å². The summed E-state index contributed by atoms with van der Waals surface area (Å²) in [7, 11) is 0. The van der Waals surface area contributed by atoms with Gasteiger partial charge in [0.25, 0.3) is 0 Å². The highest BCUT2D eigenvalue weighted by Gasteiger charge is 2.14. The van der Waals surface area contributed by atoms with Crippen LogP contribution in [-0.2, 0) is 4.74 Å². The van der Waals surface area contributed by atoms with E-state index in [1.165, 1.54) is 12.8 Å². The molecule has 5 heteroatoms. The van der Waals surface area contributed by atoms with Crippen molar-refractivity contribution >= 4 is 29.9 Å². The first-order chi connectivity index (χ1) is 8.24. The number of hydrogen-bond acceptors (Lipinski definition) is 2. The predicted octanol–water partition coefficient (Wildman–Crippen LogP) is 2.34. The number of guanidine groups is 1. The van der Waals surface area contributed by atoms with Crippen LogP contribution in [0.1, 0.15) is 33.6 Å². The smallest absolute Gasteiger partial charge is 0.193 e. The number of nitrogens with one attached hydrogen (secondary N) is 1. The van der Waals surface area contributed by atoms with Crippen molar-refractivity contribution in [3.63, 3.8) is 0 Å². The lowest BCUT2D eigenvalue weighted by molar-refractivity contribution is 0.116. The minimum atomic E-state index is 0. The van der Waals surface area contributed by atoms with Crippen LogP contribution < -0.4 is 5.32 Å². The molecule has 1 aliphatic heterocycles.